The highest BCUT2D eigenvalue weighted by Gasteiger charge is 2.22. The van der Waals surface area contributed by atoms with E-state index in [2.05, 4.69) is 9.97 Å². The highest BCUT2D eigenvalue weighted by atomic mass is 35.5. The zero-order chi connectivity index (χ0) is 24.7. The first kappa shape index (κ1) is 22.8. The largest absolute Gasteiger partial charge is 0.354 e. The summed E-state index contributed by atoms with van der Waals surface area (Å²) in [4.78, 5) is 30.7. The predicted molar refractivity (Wildman–Crippen MR) is 127 cm³/mol. The first-order valence-corrected chi connectivity index (χ1v) is 12.8. The van der Waals surface area contributed by atoms with E-state index in [1.807, 2.05) is 0 Å². The maximum absolute atomic E-state index is 13.2. The number of rotatable bonds is 2. The number of halogens is 2. The molecule has 14 heteroatoms. The first-order chi connectivity index (χ1) is 15.8. The Kier molecular flexibility index (Phi) is 4.86. The molecular weight excluding hydrogens is 531 g/mol. The van der Waals surface area contributed by atoms with Gasteiger partial charge < -0.3 is 9.97 Å². The van der Waals surface area contributed by atoms with E-state index in [9.17, 15) is 35.5 Å². The summed E-state index contributed by atoms with van der Waals surface area (Å²) >= 11 is 11.9. The molecule has 0 saturated heterocycles. The number of hydrogen-bond donors (Lipinski definition) is 4. The molecule has 0 aliphatic heterocycles. The summed E-state index contributed by atoms with van der Waals surface area (Å²) in [5, 5.41) is -0.875. The summed E-state index contributed by atoms with van der Waals surface area (Å²) in [5.41, 5.74) is -1.33. The van der Waals surface area contributed by atoms with Crippen LogP contribution in [0.5, 0.6) is 0 Å². The molecule has 0 saturated carbocycles. The van der Waals surface area contributed by atoms with Gasteiger partial charge in [0.2, 0.25) is 0 Å². The summed E-state index contributed by atoms with van der Waals surface area (Å²) in [6.45, 7) is 0. The maximum Gasteiger partial charge on any atom is 0.295 e. The van der Waals surface area contributed by atoms with Gasteiger partial charge in [-0.05, 0) is 36.4 Å². The lowest BCUT2D eigenvalue weighted by molar-refractivity contribution is 0.482. The van der Waals surface area contributed by atoms with Crippen molar-refractivity contribution in [1.82, 2.24) is 9.97 Å². The third-order valence-corrected chi connectivity index (χ3v) is 7.52. The molecule has 0 amide bonds. The third kappa shape index (κ3) is 3.47. The van der Waals surface area contributed by atoms with Crippen molar-refractivity contribution in [3.8, 4) is 0 Å². The minimum Gasteiger partial charge on any atom is -0.354 e. The van der Waals surface area contributed by atoms with Crippen molar-refractivity contribution in [2.24, 2.45) is 0 Å². The van der Waals surface area contributed by atoms with Crippen LogP contribution in [0.15, 0.2) is 55.8 Å². The Morgan fingerprint density at radius 1 is 0.588 bits per heavy atom. The molecule has 0 atom stereocenters. The summed E-state index contributed by atoms with van der Waals surface area (Å²) in [5.74, 6) is 0. The molecule has 0 aliphatic rings. The molecule has 0 fully saturated rings. The molecule has 5 aromatic rings. The van der Waals surface area contributed by atoms with Crippen molar-refractivity contribution in [3.63, 3.8) is 0 Å². The summed E-state index contributed by atoms with van der Waals surface area (Å²) < 4.78 is 66.6. The maximum atomic E-state index is 13.2. The molecule has 5 rings (SSSR count). The molecule has 10 nitrogen and oxygen atoms in total. The molecule has 3 aromatic carbocycles. The Bertz CT molecular complexity index is 1930. The Labute approximate surface area is 199 Å². The topological polar surface area (TPSA) is 174 Å². The number of nitrogens with one attached hydrogen (secondary N) is 2. The van der Waals surface area contributed by atoms with Crippen LogP contribution in [0.2, 0.25) is 10.0 Å². The minimum atomic E-state index is -4.80. The van der Waals surface area contributed by atoms with Crippen molar-refractivity contribution in [1.29, 1.82) is 0 Å². The third-order valence-electron chi connectivity index (χ3n) is 5.33. The van der Waals surface area contributed by atoms with Crippen LogP contribution in [0.25, 0.3) is 43.6 Å². The standard InChI is InChI=1S/C20H10Cl2N2O8S2/c21-7-1-13-17(15(3-7)33(27,28)29)19(25)9-6-12-10(5-11(9)23-13)20(26)18-14(24-12)2-8(22)4-16(18)34(30,31)32/h1-6H,(H,23,25)(H,24,26)(H,27,28,29)(H,30,31,32). The predicted octanol–water partition coefficient (Wildman–Crippen LogP) is 3.48. The molecule has 174 valence electrons. The number of pyridine rings is 2. The number of H-pyrrole nitrogens is 2. The van der Waals surface area contributed by atoms with Crippen LogP contribution in [0.1, 0.15) is 0 Å². The zero-order valence-corrected chi connectivity index (χ0v) is 19.5. The lowest BCUT2D eigenvalue weighted by Crippen LogP contribution is -2.13. The van der Waals surface area contributed by atoms with Crippen LogP contribution in [0, 0.1) is 0 Å². The Hall–Kier alpha value is -3.00. The lowest BCUT2D eigenvalue weighted by Gasteiger charge is -2.10. The number of benzene rings is 3. The van der Waals surface area contributed by atoms with Crippen LogP contribution in [0.4, 0.5) is 0 Å². The summed E-state index contributed by atoms with van der Waals surface area (Å²) in [7, 11) is -9.60. The molecule has 0 bridgehead atoms. The van der Waals surface area contributed by atoms with E-state index < -0.39 is 40.9 Å². The molecular formula is C20H10Cl2N2O8S2. The molecule has 34 heavy (non-hydrogen) atoms. The van der Waals surface area contributed by atoms with Gasteiger partial charge in [-0.1, -0.05) is 23.2 Å². The van der Waals surface area contributed by atoms with Crippen LogP contribution in [0.3, 0.4) is 0 Å². The van der Waals surface area contributed by atoms with E-state index in [-0.39, 0.29) is 53.7 Å². The zero-order valence-electron chi connectivity index (χ0n) is 16.4. The summed E-state index contributed by atoms with van der Waals surface area (Å²) in [6.07, 6.45) is 0. The monoisotopic (exact) mass is 540 g/mol. The smallest absolute Gasteiger partial charge is 0.295 e. The number of aromatic amines is 2. The highest BCUT2D eigenvalue weighted by molar-refractivity contribution is 7.86. The van der Waals surface area contributed by atoms with Crippen molar-refractivity contribution in [2.75, 3.05) is 0 Å². The number of aromatic nitrogens is 2. The Morgan fingerprint density at radius 2 is 0.941 bits per heavy atom. The van der Waals surface area contributed by atoms with Gasteiger partial charge >= 0.3 is 0 Å². The molecule has 2 aromatic heterocycles. The number of fused-ring (bicyclic) bond motifs is 4. The van der Waals surface area contributed by atoms with Crippen LogP contribution in [-0.2, 0) is 20.2 Å². The molecule has 2 heterocycles. The fraction of sp³-hybridized carbons (Fsp3) is 0. The van der Waals surface area contributed by atoms with Gasteiger partial charge in [0, 0.05) is 20.8 Å². The number of hydrogen-bond acceptors (Lipinski definition) is 6. The van der Waals surface area contributed by atoms with Crippen molar-refractivity contribution < 1.29 is 25.9 Å². The van der Waals surface area contributed by atoms with E-state index in [4.69, 9.17) is 23.2 Å². The van der Waals surface area contributed by atoms with Crippen molar-refractivity contribution >= 4 is 87.0 Å². The van der Waals surface area contributed by atoms with Gasteiger partial charge in [-0.25, -0.2) is 0 Å². The van der Waals surface area contributed by atoms with Gasteiger partial charge in [-0.3, -0.25) is 18.7 Å². The second-order valence-corrected chi connectivity index (χ2v) is 11.1. The van der Waals surface area contributed by atoms with E-state index in [1.54, 1.807) is 0 Å². The van der Waals surface area contributed by atoms with Gasteiger partial charge in [0.05, 0.1) is 32.8 Å². The Morgan fingerprint density at radius 3 is 1.26 bits per heavy atom. The molecule has 4 N–H and O–H groups in total. The highest BCUT2D eigenvalue weighted by Crippen LogP contribution is 2.29. The first-order valence-electron chi connectivity index (χ1n) is 9.19. The van der Waals surface area contributed by atoms with E-state index >= 15 is 0 Å². The Balaban J connectivity index is 2.01. The second kappa shape index (κ2) is 7.25. The van der Waals surface area contributed by atoms with E-state index in [0.29, 0.717) is 0 Å². The fourth-order valence-corrected chi connectivity index (χ4v) is 6.02. The van der Waals surface area contributed by atoms with Crippen LogP contribution < -0.4 is 10.9 Å². The van der Waals surface area contributed by atoms with E-state index in [0.717, 1.165) is 12.1 Å². The van der Waals surface area contributed by atoms with Crippen molar-refractivity contribution in [2.45, 2.75) is 9.79 Å². The molecule has 0 unspecified atom stereocenters. The van der Waals surface area contributed by atoms with Crippen molar-refractivity contribution in [3.05, 3.63) is 66.9 Å². The van der Waals surface area contributed by atoms with Gasteiger partial charge in [-0.2, -0.15) is 16.8 Å². The van der Waals surface area contributed by atoms with Gasteiger partial charge in [0.25, 0.3) is 20.2 Å². The normalized spacial score (nSPS) is 12.8. The van der Waals surface area contributed by atoms with E-state index in [1.165, 1.54) is 24.3 Å². The SMILES string of the molecule is O=c1c2cc3[nH]c4cc(Cl)cc(S(=O)(=O)O)c4c(=O)c3cc2[nH]c2cc(Cl)cc(S(=O)(=O)O)c12. The fourth-order valence-electron chi connectivity index (χ4n) is 3.98. The van der Waals surface area contributed by atoms with Gasteiger partial charge in [-0.15, -0.1) is 0 Å². The van der Waals surface area contributed by atoms with Crippen LogP contribution >= 0.6 is 23.2 Å². The van der Waals surface area contributed by atoms with Gasteiger partial charge in [0.1, 0.15) is 9.79 Å². The molecule has 0 radical (unpaired) electrons. The lowest BCUT2D eigenvalue weighted by atomic mass is 10.1. The molecule has 0 aliphatic carbocycles. The van der Waals surface area contributed by atoms with Crippen LogP contribution in [-0.4, -0.2) is 35.9 Å². The minimum absolute atomic E-state index is 0.0143. The molecule has 0 spiro atoms. The second-order valence-electron chi connectivity index (χ2n) is 7.45. The quantitative estimate of drug-likeness (QED) is 0.194. The average Bonchev–Trinajstić information content (AvgIpc) is 2.70. The van der Waals surface area contributed by atoms with Gasteiger partial charge in [0.15, 0.2) is 10.9 Å². The average molecular weight is 541 g/mol. The summed E-state index contributed by atoms with van der Waals surface area (Å²) in [6, 6.07) is 6.99.